The summed E-state index contributed by atoms with van der Waals surface area (Å²) in [5, 5.41) is 0. The lowest BCUT2D eigenvalue weighted by atomic mass is 9.98. The smallest absolute Gasteiger partial charge is 0.466 e. The molecule has 128 valence electrons. The van der Waals surface area contributed by atoms with Gasteiger partial charge in [0.05, 0.1) is 13.0 Å². The number of ether oxygens (including phenoxy) is 1. The van der Waals surface area contributed by atoms with E-state index in [1.54, 1.807) is 6.92 Å². The third kappa shape index (κ3) is 3.95. The van der Waals surface area contributed by atoms with Crippen molar-refractivity contribution in [3.63, 3.8) is 0 Å². The average Bonchev–Trinajstić information content (AvgIpc) is 2.79. The summed E-state index contributed by atoms with van der Waals surface area (Å²) in [6, 6.07) is 3.92. The number of carbonyl (C=O) groups excluding carboxylic acids is 1. The molecule has 1 aromatic rings. The maximum atomic E-state index is 12.3. The van der Waals surface area contributed by atoms with Gasteiger partial charge in [-0.05, 0) is 48.9 Å². The zero-order chi connectivity index (χ0) is 17.3. The summed E-state index contributed by atoms with van der Waals surface area (Å²) in [6.45, 7) is 1.98. The van der Waals surface area contributed by atoms with Gasteiger partial charge in [0.1, 0.15) is 5.75 Å². The Morgan fingerprint density at radius 2 is 2.04 bits per heavy atom. The molecule has 1 aromatic carbocycles. The van der Waals surface area contributed by atoms with E-state index in [2.05, 4.69) is 4.18 Å². The van der Waals surface area contributed by atoms with Crippen LogP contribution in [0.15, 0.2) is 18.2 Å². The van der Waals surface area contributed by atoms with E-state index >= 15 is 0 Å². The van der Waals surface area contributed by atoms with Gasteiger partial charge < -0.3 is 8.92 Å². The van der Waals surface area contributed by atoms with E-state index in [-0.39, 0.29) is 24.9 Å². The molecule has 5 nitrogen and oxygen atoms in total. The number of aryl methyl sites for hydroxylation is 1. The maximum Gasteiger partial charge on any atom is 0.534 e. The molecule has 0 radical (unpaired) electrons. The summed E-state index contributed by atoms with van der Waals surface area (Å²) in [4.78, 5) is 11.5. The number of alkyl halides is 3. The molecule has 0 aromatic heterocycles. The van der Waals surface area contributed by atoms with Crippen LogP contribution in [0.2, 0.25) is 0 Å². The number of carbonyl (C=O) groups is 1. The largest absolute Gasteiger partial charge is 0.534 e. The number of hydrogen-bond acceptors (Lipinski definition) is 5. The summed E-state index contributed by atoms with van der Waals surface area (Å²) < 4.78 is 67.9. The first-order valence-electron chi connectivity index (χ1n) is 6.93. The van der Waals surface area contributed by atoms with Crippen molar-refractivity contribution in [1.82, 2.24) is 0 Å². The molecule has 9 heteroatoms. The highest BCUT2D eigenvalue weighted by molar-refractivity contribution is 7.88. The van der Waals surface area contributed by atoms with E-state index in [1.165, 1.54) is 12.1 Å². The van der Waals surface area contributed by atoms with Gasteiger partial charge >= 0.3 is 21.6 Å². The van der Waals surface area contributed by atoms with Crippen LogP contribution >= 0.6 is 0 Å². The van der Waals surface area contributed by atoms with E-state index in [0.717, 1.165) is 11.6 Å². The number of esters is 1. The molecule has 1 aliphatic rings. The van der Waals surface area contributed by atoms with Crippen molar-refractivity contribution < 1.29 is 35.3 Å². The number of rotatable bonds is 5. The van der Waals surface area contributed by atoms with Crippen LogP contribution in [0.3, 0.4) is 0 Å². The lowest BCUT2D eigenvalue weighted by molar-refractivity contribution is -0.143. The van der Waals surface area contributed by atoms with Crippen molar-refractivity contribution in [2.75, 3.05) is 6.61 Å². The van der Waals surface area contributed by atoms with E-state index in [4.69, 9.17) is 4.74 Å². The van der Waals surface area contributed by atoms with E-state index < -0.39 is 21.4 Å². The van der Waals surface area contributed by atoms with Crippen LogP contribution in [0.4, 0.5) is 13.2 Å². The minimum absolute atomic E-state index is 0.0858. The number of fused-ring (bicyclic) bond motifs is 1. The Morgan fingerprint density at radius 3 is 2.65 bits per heavy atom. The topological polar surface area (TPSA) is 69.7 Å². The van der Waals surface area contributed by atoms with Gasteiger partial charge in [-0.1, -0.05) is 6.07 Å². The third-order valence-corrected chi connectivity index (χ3v) is 4.50. The van der Waals surface area contributed by atoms with Crippen LogP contribution in [-0.4, -0.2) is 26.5 Å². The molecular formula is C14H15F3O5S. The number of hydrogen-bond donors (Lipinski definition) is 0. The summed E-state index contributed by atoms with van der Waals surface area (Å²) in [5.74, 6) is -0.819. The summed E-state index contributed by atoms with van der Waals surface area (Å²) in [7, 11) is -5.68. The fourth-order valence-electron chi connectivity index (χ4n) is 2.54. The Bertz CT molecular complexity index is 697. The highest BCUT2D eigenvalue weighted by atomic mass is 32.2. The minimum atomic E-state index is -5.68. The predicted octanol–water partition coefficient (Wildman–Crippen LogP) is 2.90. The zero-order valence-corrected chi connectivity index (χ0v) is 13.0. The van der Waals surface area contributed by atoms with E-state index in [1.807, 2.05) is 0 Å². The van der Waals surface area contributed by atoms with Gasteiger partial charge in [-0.15, -0.1) is 0 Å². The van der Waals surface area contributed by atoms with Crippen LogP contribution in [0, 0.1) is 0 Å². The molecule has 1 aliphatic carbocycles. The Hall–Kier alpha value is -1.77. The molecule has 0 heterocycles. The van der Waals surface area contributed by atoms with Gasteiger partial charge in [0.2, 0.25) is 0 Å². The zero-order valence-electron chi connectivity index (χ0n) is 12.2. The molecule has 0 fully saturated rings. The quantitative estimate of drug-likeness (QED) is 0.463. The predicted molar refractivity (Wildman–Crippen MR) is 74.4 cm³/mol. The fraction of sp³-hybridized carbons (Fsp3) is 0.500. The van der Waals surface area contributed by atoms with Gasteiger partial charge in [0.25, 0.3) is 0 Å². The molecule has 0 saturated heterocycles. The van der Waals surface area contributed by atoms with Crippen LogP contribution in [-0.2, 0) is 26.1 Å². The molecule has 0 N–H and O–H groups in total. The maximum absolute atomic E-state index is 12.3. The van der Waals surface area contributed by atoms with Crippen LogP contribution in [0.5, 0.6) is 5.75 Å². The molecule has 0 saturated carbocycles. The number of benzene rings is 1. The summed E-state index contributed by atoms with van der Waals surface area (Å²) in [6.07, 6.45) is 1.36. The first-order valence-corrected chi connectivity index (χ1v) is 8.34. The van der Waals surface area contributed by atoms with E-state index in [9.17, 15) is 26.4 Å². The lowest BCUT2D eigenvalue weighted by Gasteiger charge is -2.12. The first kappa shape index (κ1) is 17.6. The second-order valence-electron chi connectivity index (χ2n) is 5.09. The molecule has 0 aliphatic heterocycles. The summed E-state index contributed by atoms with van der Waals surface area (Å²) in [5.41, 5.74) is -4.00. The molecule has 2 rings (SSSR count). The van der Waals surface area contributed by atoms with Crippen molar-refractivity contribution in [1.29, 1.82) is 0 Å². The van der Waals surface area contributed by atoms with Gasteiger partial charge in [-0.2, -0.15) is 21.6 Å². The van der Waals surface area contributed by atoms with Gasteiger partial charge in [0.15, 0.2) is 0 Å². The van der Waals surface area contributed by atoms with Crippen LogP contribution in [0.1, 0.15) is 36.8 Å². The van der Waals surface area contributed by atoms with E-state index in [0.29, 0.717) is 18.4 Å². The normalized spacial score (nSPS) is 17.7. The summed E-state index contributed by atoms with van der Waals surface area (Å²) >= 11 is 0. The lowest BCUT2D eigenvalue weighted by Crippen LogP contribution is -2.28. The van der Waals surface area contributed by atoms with Crippen molar-refractivity contribution >= 4 is 16.1 Å². The van der Waals surface area contributed by atoms with Crippen LogP contribution < -0.4 is 4.18 Å². The third-order valence-electron chi connectivity index (χ3n) is 3.52. The molecular weight excluding hydrogens is 337 g/mol. The number of halogens is 3. The highest BCUT2D eigenvalue weighted by Crippen LogP contribution is 2.38. The second kappa shape index (κ2) is 6.38. The van der Waals surface area contributed by atoms with Crippen molar-refractivity contribution in [2.24, 2.45) is 0 Å². The standard InChI is InChI=1S/C14H15F3O5S/c1-2-21-13(18)8-10-4-3-9-7-11(5-6-12(9)10)22-23(19,20)14(15,16)17/h5-7,10H,2-4,8H2,1H3. The SMILES string of the molecule is CCOC(=O)CC1CCc2cc(OS(=O)(=O)C(F)(F)F)ccc21. The van der Waals surface area contributed by atoms with Gasteiger partial charge in [-0.25, -0.2) is 0 Å². The molecule has 0 amide bonds. The van der Waals surface area contributed by atoms with Crippen molar-refractivity contribution in [2.45, 2.75) is 37.6 Å². The fourth-order valence-corrected chi connectivity index (χ4v) is 2.99. The molecule has 0 bridgehead atoms. The highest BCUT2D eigenvalue weighted by Gasteiger charge is 2.48. The minimum Gasteiger partial charge on any atom is -0.466 e. The Balaban J connectivity index is 2.15. The molecule has 0 spiro atoms. The Labute approximate surface area is 131 Å². The van der Waals surface area contributed by atoms with Gasteiger partial charge in [0, 0.05) is 0 Å². The molecule has 1 unspecified atom stereocenters. The first-order chi connectivity index (χ1) is 10.6. The van der Waals surface area contributed by atoms with Gasteiger partial charge in [-0.3, -0.25) is 4.79 Å². The molecule has 1 atom stereocenters. The second-order valence-corrected chi connectivity index (χ2v) is 6.63. The Kier molecular flexibility index (Phi) is 4.88. The Morgan fingerprint density at radius 1 is 1.35 bits per heavy atom. The molecule has 23 heavy (non-hydrogen) atoms. The van der Waals surface area contributed by atoms with Crippen molar-refractivity contribution in [3.8, 4) is 5.75 Å². The van der Waals surface area contributed by atoms with Crippen molar-refractivity contribution in [3.05, 3.63) is 29.3 Å². The monoisotopic (exact) mass is 352 g/mol. The average molecular weight is 352 g/mol. The van der Waals surface area contributed by atoms with Crippen LogP contribution in [0.25, 0.3) is 0 Å².